The van der Waals surface area contributed by atoms with Crippen molar-refractivity contribution in [2.45, 2.75) is 6.92 Å². The number of rotatable bonds is 2. The molecule has 0 aliphatic carbocycles. The van der Waals surface area contributed by atoms with Crippen molar-refractivity contribution in [2.75, 3.05) is 5.73 Å². The molecule has 0 bridgehead atoms. The minimum atomic E-state index is -0.452. The number of nitrogens with two attached hydrogens (primary N) is 1. The van der Waals surface area contributed by atoms with Gasteiger partial charge in [-0.25, -0.2) is 4.79 Å². The molecule has 0 unspecified atom stereocenters. The summed E-state index contributed by atoms with van der Waals surface area (Å²) in [5.41, 5.74) is 6.27. The molecule has 0 amide bonds. The first kappa shape index (κ1) is 10.6. The van der Waals surface area contributed by atoms with E-state index in [0.717, 1.165) is 0 Å². The maximum absolute atomic E-state index is 11.3. The van der Waals surface area contributed by atoms with Gasteiger partial charge in [0.2, 0.25) is 0 Å². The number of allylic oxidation sites excluding steroid dienone is 1. The molecule has 1 aromatic rings. The third-order valence-corrected chi connectivity index (χ3v) is 1.89. The highest BCUT2D eigenvalue weighted by molar-refractivity contribution is 6.33. The molecule has 0 radical (unpaired) electrons. The summed E-state index contributed by atoms with van der Waals surface area (Å²) in [7, 11) is 0. The predicted molar refractivity (Wildman–Crippen MR) is 56.1 cm³/mol. The summed E-state index contributed by atoms with van der Waals surface area (Å²) in [6, 6.07) is 4.60. The van der Waals surface area contributed by atoms with Gasteiger partial charge in [-0.05, 0) is 25.1 Å². The molecule has 74 valence electrons. The van der Waals surface area contributed by atoms with Gasteiger partial charge < -0.3 is 10.5 Å². The Bertz CT molecular complexity index is 374. The van der Waals surface area contributed by atoms with Gasteiger partial charge in [-0.2, -0.15) is 0 Å². The first-order chi connectivity index (χ1) is 6.65. The molecule has 0 fully saturated rings. The third kappa shape index (κ3) is 2.50. The standard InChI is InChI=1S/C10H10ClNO2/c1-2-5-14-10(13)7-3-4-8(11)9(12)6-7/h2-6H,12H2,1H3/b5-2+. The van der Waals surface area contributed by atoms with E-state index in [4.69, 9.17) is 22.1 Å². The summed E-state index contributed by atoms with van der Waals surface area (Å²) in [6.07, 6.45) is 2.93. The van der Waals surface area contributed by atoms with E-state index in [9.17, 15) is 4.79 Å². The Hall–Kier alpha value is -1.48. The summed E-state index contributed by atoms with van der Waals surface area (Å²) < 4.78 is 4.75. The van der Waals surface area contributed by atoms with E-state index in [1.54, 1.807) is 25.1 Å². The van der Waals surface area contributed by atoms with E-state index in [1.165, 1.54) is 12.3 Å². The Balaban J connectivity index is 2.86. The monoisotopic (exact) mass is 211 g/mol. The summed E-state index contributed by atoms with van der Waals surface area (Å²) >= 11 is 5.70. The fraction of sp³-hybridized carbons (Fsp3) is 0.100. The molecule has 0 aliphatic rings. The Morgan fingerprint density at radius 2 is 2.29 bits per heavy atom. The van der Waals surface area contributed by atoms with Crippen molar-refractivity contribution in [2.24, 2.45) is 0 Å². The van der Waals surface area contributed by atoms with Gasteiger partial charge in [-0.15, -0.1) is 0 Å². The van der Waals surface area contributed by atoms with Gasteiger partial charge in [-0.1, -0.05) is 17.7 Å². The van der Waals surface area contributed by atoms with E-state index in [-0.39, 0.29) is 0 Å². The van der Waals surface area contributed by atoms with Gasteiger partial charge in [0.05, 0.1) is 22.5 Å². The molecule has 0 heterocycles. The van der Waals surface area contributed by atoms with Crippen LogP contribution in [0.4, 0.5) is 5.69 Å². The van der Waals surface area contributed by atoms with Gasteiger partial charge in [-0.3, -0.25) is 0 Å². The zero-order valence-corrected chi connectivity index (χ0v) is 8.41. The predicted octanol–water partition coefficient (Wildman–Crippen LogP) is 2.61. The lowest BCUT2D eigenvalue weighted by molar-refractivity contribution is 0.0662. The van der Waals surface area contributed by atoms with Crippen LogP contribution in [0.25, 0.3) is 0 Å². The molecular formula is C10H10ClNO2. The number of halogens is 1. The largest absolute Gasteiger partial charge is 0.431 e. The van der Waals surface area contributed by atoms with Gasteiger partial charge in [0.25, 0.3) is 0 Å². The highest BCUT2D eigenvalue weighted by atomic mass is 35.5. The smallest absolute Gasteiger partial charge is 0.343 e. The minimum absolute atomic E-state index is 0.363. The van der Waals surface area contributed by atoms with E-state index < -0.39 is 5.97 Å². The lowest BCUT2D eigenvalue weighted by atomic mass is 10.2. The molecule has 0 saturated carbocycles. The zero-order chi connectivity index (χ0) is 10.6. The van der Waals surface area contributed by atoms with Crippen LogP contribution in [0.3, 0.4) is 0 Å². The first-order valence-electron chi connectivity index (χ1n) is 4.02. The van der Waals surface area contributed by atoms with Crippen LogP contribution in [0, 0.1) is 0 Å². The number of carbonyl (C=O) groups is 1. The number of anilines is 1. The lowest BCUT2D eigenvalue weighted by Crippen LogP contribution is -2.01. The lowest BCUT2D eigenvalue weighted by Gasteiger charge is -2.01. The Morgan fingerprint density at radius 3 is 2.86 bits per heavy atom. The van der Waals surface area contributed by atoms with Crippen molar-refractivity contribution >= 4 is 23.3 Å². The van der Waals surface area contributed by atoms with Crippen LogP contribution < -0.4 is 5.73 Å². The fourth-order valence-electron chi connectivity index (χ4n) is 0.869. The molecule has 3 nitrogen and oxygen atoms in total. The molecule has 0 aromatic heterocycles. The van der Waals surface area contributed by atoms with Crippen LogP contribution in [-0.2, 0) is 4.74 Å². The molecule has 1 aromatic carbocycles. The van der Waals surface area contributed by atoms with E-state index in [0.29, 0.717) is 16.3 Å². The Morgan fingerprint density at radius 1 is 1.57 bits per heavy atom. The fourth-order valence-corrected chi connectivity index (χ4v) is 0.986. The number of esters is 1. The summed E-state index contributed by atoms with van der Waals surface area (Å²) in [4.78, 5) is 11.3. The van der Waals surface area contributed by atoms with Gasteiger partial charge in [0, 0.05) is 0 Å². The molecule has 4 heteroatoms. The second kappa shape index (κ2) is 4.67. The van der Waals surface area contributed by atoms with Gasteiger partial charge in [0.15, 0.2) is 0 Å². The van der Waals surface area contributed by atoms with Gasteiger partial charge in [0.1, 0.15) is 0 Å². The molecule has 0 saturated heterocycles. The molecule has 14 heavy (non-hydrogen) atoms. The van der Waals surface area contributed by atoms with E-state index in [2.05, 4.69) is 0 Å². The average molecular weight is 212 g/mol. The molecule has 1 rings (SSSR count). The normalized spacial score (nSPS) is 10.4. The van der Waals surface area contributed by atoms with Crippen molar-refractivity contribution in [3.05, 3.63) is 41.1 Å². The van der Waals surface area contributed by atoms with Crippen LogP contribution in [0.1, 0.15) is 17.3 Å². The van der Waals surface area contributed by atoms with Crippen LogP contribution >= 0.6 is 11.6 Å². The van der Waals surface area contributed by atoms with Crippen LogP contribution in [-0.4, -0.2) is 5.97 Å². The molecular weight excluding hydrogens is 202 g/mol. The Kier molecular flexibility index (Phi) is 3.54. The average Bonchev–Trinajstić information content (AvgIpc) is 2.18. The first-order valence-corrected chi connectivity index (χ1v) is 4.40. The van der Waals surface area contributed by atoms with Crippen LogP contribution in [0.2, 0.25) is 5.02 Å². The topological polar surface area (TPSA) is 52.3 Å². The summed E-state index contributed by atoms with van der Waals surface area (Å²) in [5.74, 6) is -0.452. The van der Waals surface area contributed by atoms with Crippen LogP contribution in [0.5, 0.6) is 0 Å². The van der Waals surface area contributed by atoms with Crippen molar-refractivity contribution in [3.8, 4) is 0 Å². The second-order valence-electron chi connectivity index (χ2n) is 2.61. The number of nitrogen functional groups attached to an aromatic ring is 1. The maximum Gasteiger partial charge on any atom is 0.343 e. The summed E-state index contributed by atoms with van der Waals surface area (Å²) in [6.45, 7) is 1.75. The maximum atomic E-state index is 11.3. The highest BCUT2D eigenvalue weighted by Crippen LogP contribution is 2.19. The van der Waals surface area contributed by atoms with Crippen molar-refractivity contribution in [3.63, 3.8) is 0 Å². The minimum Gasteiger partial charge on any atom is -0.431 e. The molecule has 0 spiro atoms. The number of hydrogen-bond acceptors (Lipinski definition) is 3. The second-order valence-corrected chi connectivity index (χ2v) is 3.02. The quantitative estimate of drug-likeness (QED) is 0.465. The zero-order valence-electron chi connectivity index (χ0n) is 7.66. The molecule has 0 atom stereocenters. The summed E-state index contributed by atoms with van der Waals surface area (Å²) in [5, 5.41) is 0.424. The SMILES string of the molecule is C/C=C/OC(=O)c1ccc(Cl)c(N)c1. The highest BCUT2D eigenvalue weighted by Gasteiger charge is 2.07. The van der Waals surface area contributed by atoms with Gasteiger partial charge >= 0.3 is 5.97 Å². The Labute approximate surface area is 87.1 Å². The van der Waals surface area contributed by atoms with E-state index >= 15 is 0 Å². The number of ether oxygens (including phenoxy) is 1. The van der Waals surface area contributed by atoms with E-state index in [1.807, 2.05) is 0 Å². The number of benzene rings is 1. The van der Waals surface area contributed by atoms with Crippen molar-refractivity contribution in [1.82, 2.24) is 0 Å². The molecule has 0 aliphatic heterocycles. The number of hydrogen-bond donors (Lipinski definition) is 1. The van der Waals surface area contributed by atoms with Crippen molar-refractivity contribution < 1.29 is 9.53 Å². The van der Waals surface area contributed by atoms with Crippen molar-refractivity contribution in [1.29, 1.82) is 0 Å². The molecule has 2 N–H and O–H groups in total. The third-order valence-electron chi connectivity index (χ3n) is 1.54. The van der Waals surface area contributed by atoms with Crippen LogP contribution in [0.15, 0.2) is 30.5 Å². The number of carbonyl (C=O) groups excluding carboxylic acids is 1.